The number of aromatic nitrogens is 3. The van der Waals surface area contributed by atoms with Crippen molar-refractivity contribution in [2.75, 3.05) is 37.7 Å². The van der Waals surface area contributed by atoms with Gasteiger partial charge in [-0.1, -0.05) is 0 Å². The van der Waals surface area contributed by atoms with Crippen molar-refractivity contribution < 1.29 is 9.53 Å². The summed E-state index contributed by atoms with van der Waals surface area (Å²) in [5, 5.41) is 4.69. The van der Waals surface area contributed by atoms with E-state index in [0.717, 1.165) is 73.9 Å². The molecule has 0 aliphatic carbocycles. The summed E-state index contributed by atoms with van der Waals surface area (Å²) >= 11 is 0. The zero-order valence-corrected chi connectivity index (χ0v) is 15.9. The zero-order valence-electron chi connectivity index (χ0n) is 15.9. The van der Waals surface area contributed by atoms with Gasteiger partial charge < -0.3 is 14.5 Å². The molecule has 140 valence electrons. The summed E-state index contributed by atoms with van der Waals surface area (Å²) in [4.78, 5) is 21.6. The third kappa shape index (κ3) is 3.05. The lowest BCUT2D eigenvalue weighted by atomic mass is 10.2. The lowest BCUT2D eigenvalue weighted by molar-refractivity contribution is -0.140. The van der Waals surface area contributed by atoms with Crippen molar-refractivity contribution in [1.29, 1.82) is 0 Å². The van der Waals surface area contributed by atoms with Crippen molar-refractivity contribution in [2.24, 2.45) is 0 Å². The van der Waals surface area contributed by atoms with Crippen LogP contribution in [0.25, 0.3) is 5.65 Å². The zero-order chi connectivity index (χ0) is 18.3. The van der Waals surface area contributed by atoms with E-state index >= 15 is 0 Å². The van der Waals surface area contributed by atoms with Crippen LogP contribution in [0.1, 0.15) is 36.2 Å². The number of anilines is 1. The van der Waals surface area contributed by atoms with Crippen LogP contribution in [0.5, 0.6) is 0 Å². The maximum Gasteiger partial charge on any atom is 0.251 e. The number of carbonyl (C=O) groups excluding carboxylic acids is 1. The average molecular weight is 357 g/mol. The standard InChI is InChI=1S/C19H27N5O2/c1-13-12-17(24-18(20-13)14(2)15(3)21-24)22-7-5-8-23(10-9-22)19(25)16-6-4-11-26-16/h12,16H,4-11H2,1-3H3/t16-/m0/s1. The molecule has 4 heterocycles. The van der Waals surface area contributed by atoms with Crippen molar-refractivity contribution in [1.82, 2.24) is 19.5 Å². The molecule has 2 saturated heterocycles. The molecular formula is C19H27N5O2. The molecule has 2 aliphatic rings. The molecule has 0 N–H and O–H groups in total. The van der Waals surface area contributed by atoms with Crippen molar-refractivity contribution in [3.05, 3.63) is 23.0 Å². The fourth-order valence-corrected chi connectivity index (χ4v) is 3.90. The number of rotatable bonds is 2. The number of aryl methyl sites for hydroxylation is 3. The molecule has 1 atom stereocenters. The maximum absolute atomic E-state index is 12.7. The number of ether oxygens (including phenoxy) is 1. The molecule has 2 aromatic rings. The minimum atomic E-state index is -0.229. The molecule has 0 aromatic carbocycles. The van der Waals surface area contributed by atoms with Crippen molar-refractivity contribution in [3.8, 4) is 0 Å². The molecule has 2 aliphatic heterocycles. The van der Waals surface area contributed by atoms with E-state index in [0.29, 0.717) is 6.61 Å². The van der Waals surface area contributed by atoms with Gasteiger partial charge in [0.1, 0.15) is 11.9 Å². The van der Waals surface area contributed by atoms with Crippen molar-refractivity contribution >= 4 is 17.4 Å². The van der Waals surface area contributed by atoms with Crippen LogP contribution < -0.4 is 4.90 Å². The van der Waals surface area contributed by atoms with Gasteiger partial charge in [0, 0.05) is 50.1 Å². The second-order valence-corrected chi connectivity index (χ2v) is 7.37. The molecule has 2 fully saturated rings. The van der Waals surface area contributed by atoms with E-state index in [9.17, 15) is 4.79 Å². The first kappa shape index (κ1) is 17.3. The summed E-state index contributed by atoms with van der Waals surface area (Å²) in [5.74, 6) is 1.22. The third-order valence-electron chi connectivity index (χ3n) is 5.50. The van der Waals surface area contributed by atoms with Crippen LogP contribution in [-0.2, 0) is 9.53 Å². The van der Waals surface area contributed by atoms with E-state index < -0.39 is 0 Å². The number of nitrogens with zero attached hydrogens (tertiary/aromatic N) is 5. The van der Waals surface area contributed by atoms with Crippen molar-refractivity contribution in [3.63, 3.8) is 0 Å². The van der Waals surface area contributed by atoms with E-state index in [-0.39, 0.29) is 12.0 Å². The molecule has 0 bridgehead atoms. The lowest BCUT2D eigenvalue weighted by Gasteiger charge is -2.25. The van der Waals surface area contributed by atoms with Gasteiger partial charge in [-0.05, 0) is 40.0 Å². The van der Waals surface area contributed by atoms with Crippen molar-refractivity contribution in [2.45, 2.75) is 46.1 Å². The Morgan fingerprint density at radius 3 is 2.77 bits per heavy atom. The molecule has 2 aromatic heterocycles. The molecular weight excluding hydrogens is 330 g/mol. The van der Waals surface area contributed by atoms with Gasteiger partial charge in [0.25, 0.3) is 5.91 Å². The maximum atomic E-state index is 12.7. The number of hydrogen-bond acceptors (Lipinski definition) is 5. The fraction of sp³-hybridized carbons (Fsp3) is 0.632. The van der Waals surface area contributed by atoms with E-state index in [4.69, 9.17) is 4.74 Å². The number of amides is 1. The summed E-state index contributed by atoms with van der Waals surface area (Å²) in [6.07, 6.45) is 2.56. The molecule has 4 rings (SSSR count). The minimum absolute atomic E-state index is 0.159. The first-order valence-corrected chi connectivity index (χ1v) is 9.53. The summed E-state index contributed by atoms with van der Waals surface area (Å²) < 4.78 is 7.54. The van der Waals surface area contributed by atoms with Crippen LogP contribution in [0.3, 0.4) is 0 Å². The van der Waals surface area contributed by atoms with Gasteiger partial charge in [-0.2, -0.15) is 9.61 Å². The van der Waals surface area contributed by atoms with Gasteiger partial charge in [-0.15, -0.1) is 0 Å². The Balaban J connectivity index is 1.57. The summed E-state index contributed by atoms with van der Waals surface area (Å²) in [5.41, 5.74) is 4.05. The molecule has 7 nitrogen and oxygen atoms in total. The SMILES string of the molecule is Cc1cc(N2CCCN(C(=O)[C@@H]3CCCO3)CC2)n2nc(C)c(C)c2n1. The van der Waals surface area contributed by atoms with Crippen LogP contribution >= 0.6 is 0 Å². The predicted octanol–water partition coefficient (Wildman–Crippen LogP) is 1.87. The van der Waals surface area contributed by atoms with Gasteiger partial charge in [0.05, 0.1) is 5.69 Å². The second-order valence-electron chi connectivity index (χ2n) is 7.37. The van der Waals surface area contributed by atoms with E-state index in [1.807, 2.05) is 23.3 Å². The molecule has 0 spiro atoms. The van der Waals surface area contributed by atoms with E-state index in [1.165, 1.54) is 0 Å². The quantitative estimate of drug-likeness (QED) is 0.821. The molecule has 7 heteroatoms. The Kier molecular flexibility index (Phi) is 4.56. The monoisotopic (exact) mass is 357 g/mol. The summed E-state index contributed by atoms with van der Waals surface area (Å²) in [6.45, 7) is 10.0. The molecule has 26 heavy (non-hydrogen) atoms. The highest BCUT2D eigenvalue weighted by molar-refractivity contribution is 5.81. The molecule has 0 radical (unpaired) electrons. The van der Waals surface area contributed by atoms with Crippen LogP contribution in [0.2, 0.25) is 0 Å². The van der Waals surface area contributed by atoms with Crippen LogP contribution in [0.4, 0.5) is 5.82 Å². The Labute approximate surface area is 153 Å². The highest BCUT2D eigenvalue weighted by Gasteiger charge is 2.29. The third-order valence-corrected chi connectivity index (χ3v) is 5.50. The highest BCUT2D eigenvalue weighted by atomic mass is 16.5. The van der Waals surface area contributed by atoms with Gasteiger partial charge >= 0.3 is 0 Å². The van der Waals surface area contributed by atoms with Crippen LogP contribution in [-0.4, -0.2) is 64.3 Å². The van der Waals surface area contributed by atoms with Crippen LogP contribution in [0, 0.1) is 20.8 Å². The Morgan fingerprint density at radius 1 is 1.15 bits per heavy atom. The second kappa shape index (κ2) is 6.87. The number of carbonyl (C=O) groups is 1. The minimum Gasteiger partial charge on any atom is -0.368 e. The first-order valence-electron chi connectivity index (χ1n) is 9.53. The smallest absolute Gasteiger partial charge is 0.251 e. The van der Waals surface area contributed by atoms with E-state index in [2.05, 4.69) is 28.0 Å². The Morgan fingerprint density at radius 2 is 2.00 bits per heavy atom. The fourth-order valence-electron chi connectivity index (χ4n) is 3.90. The molecule has 0 unspecified atom stereocenters. The normalized spacial score (nSPS) is 21.4. The summed E-state index contributed by atoms with van der Waals surface area (Å²) in [6, 6.07) is 2.09. The average Bonchev–Trinajstić information content (AvgIpc) is 3.17. The lowest BCUT2D eigenvalue weighted by Crippen LogP contribution is -2.41. The first-order chi connectivity index (χ1) is 12.5. The number of fused-ring (bicyclic) bond motifs is 1. The molecule has 0 saturated carbocycles. The van der Waals surface area contributed by atoms with Gasteiger partial charge in [-0.25, -0.2) is 4.98 Å². The molecule has 1 amide bonds. The predicted molar refractivity (Wildman–Crippen MR) is 99.6 cm³/mol. The van der Waals surface area contributed by atoms with Gasteiger partial charge in [0.15, 0.2) is 5.65 Å². The topological polar surface area (TPSA) is 63.0 Å². The Hall–Kier alpha value is -2.15. The van der Waals surface area contributed by atoms with Crippen LogP contribution in [0.15, 0.2) is 6.07 Å². The largest absolute Gasteiger partial charge is 0.368 e. The van der Waals surface area contributed by atoms with Gasteiger partial charge in [-0.3, -0.25) is 4.79 Å². The highest BCUT2D eigenvalue weighted by Crippen LogP contribution is 2.23. The van der Waals surface area contributed by atoms with Gasteiger partial charge in [0.2, 0.25) is 0 Å². The summed E-state index contributed by atoms with van der Waals surface area (Å²) in [7, 11) is 0. The van der Waals surface area contributed by atoms with E-state index in [1.54, 1.807) is 0 Å². The Bertz CT molecular complexity index is 825. The number of hydrogen-bond donors (Lipinski definition) is 0.